The van der Waals surface area contributed by atoms with Crippen LogP contribution in [-0.2, 0) is 0 Å². The Morgan fingerprint density at radius 3 is 2.64 bits per heavy atom. The molecule has 0 fully saturated rings. The first-order valence-electron chi connectivity index (χ1n) is 4.14. The second-order valence-corrected chi connectivity index (χ2v) is 2.59. The summed E-state index contributed by atoms with van der Waals surface area (Å²) in [5.74, 6) is 0.379. The average Bonchev–Trinajstić information content (AvgIpc) is 2.19. The first-order valence-corrected chi connectivity index (χ1v) is 4.14. The number of nitrogens with two attached hydrogens (primary N) is 1. The van der Waals surface area contributed by atoms with Crippen molar-refractivity contribution in [3.8, 4) is 0 Å². The highest BCUT2D eigenvalue weighted by molar-refractivity contribution is 5.30. The van der Waals surface area contributed by atoms with Gasteiger partial charge in [0, 0.05) is 6.54 Å². The summed E-state index contributed by atoms with van der Waals surface area (Å²) in [4.78, 5) is 17.3. The van der Waals surface area contributed by atoms with E-state index in [0.29, 0.717) is 19.0 Å². The molecule has 0 unspecified atom stereocenters. The number of nitrogens with one attached hydrogen (secondary N) is 1. The Balaban J connectivity index is 2.51. The molecular formula is C7H11N5O2. The van der Waals surface area contributed by atoms with E-state index in [0.717, 1.165) is 18.8 Å². The van der Waals surface area contributed by atoms with Gasteiger partial charge >= 0.3 is 5.69 Å². The van der Waals surface area contributed by atoms with Gasteiger partial charge in [-0.05, 0) is 13.0 Å². The molecule has 0 saturated heterocycles. The van der Waals surface area contributed by atoms with Crippen molar-refractivity contribution in [1.29, 1.82) is 0 Å². The molecule has 0 aromatic carbocycles. The highest BCUT2D eigenvalue weighted by Gasteiger charge is 2.05. The second-order valence-electron chi connectivity index (χ2n) is 2.59. The summed E-state index contributed by atoms with van der Waals surface area (Å²) in [6.07, 6.45) is 3.13. The van der Waals surface area contributed by atoms with Crippen molar-refractivity contribution < 1.29 is 4.92 Å². The molecule has 0 bridgehead atoms. The minimum atomic E-state index is -0.538. The number of aromatic nitrogens is 2. The van der Waals surface area contributed by atoms with Crippen LogP contribution in [0.15, 0.2) is 12.4 Å². The van der Waals surface area contributed by atoms with E-state index in [1.807, 2.05) is 0 Å². The van der Waals surface area contributed by atoms with Crippen LogP contribution in [0.1, 0.15) is 6.42 Å². The smallest absolute Gasteiger partial charge is 0.305 e. The molecule has 1 heterocycles. The Bertz CT molecular complexity index is 299. The summed E-state index contributed by atoms with van der Waals surface area (Å²) < 4.78 is 0. The lowest BCUT2D eigenvalue weighted by molar-refractivity contribution is -0.385. The predicted octanol–water partition coefficient (Wildman–Crippen LogP) is 0.145. The average molecular weight is 197 g/mol. The molecule has 1 rings (SSSR count). The van der Waals surface area contributed by atoms with Gasteiger partial charge in [-0.25, -0.2) is 9.97 Å². The Morgan fingerprint density at radius 2 is 2.14 bits per heavy atom. The molecule has 1 aromatic rings. The first kappa shape index (κ1) is 10.3. The molecule has 0 aliphatic rings. The van der Waals surface area contributed by atoms with Gasteiger partial charge in [0.1, 0.15) is 12.4 Å². The van der Waals surface area contributed by atoms with E-state index >= 15 is 0 Å². The number of rotatable bonds is 5. The minimum absolute atomic E-state index is 0.116. The normalized spacial score (nSPS) is 9.79. The van der Waals surface area contributed by atoms with E-state index in [1.54, 1.807) is 0 Å². The monoisotopic (exact) mass is 197 g/mol. The number of nitro groups is 1. The van der Waals surface area contributed by atoms with Crippen LogP contribution >= 0.6 is 0 Å². The van der Waals surface area contributed by atoms with Crippen LogP contribution < -0.4 is 11.1 Å². The van der Waals surface area contributed by atoms with Gasteiger partial charge in [0.2, 0.25) is 5.95 Å². The Morgan fingerprint density at radius 1 is 1.50 bits per heavy atom. The summed E-state index contributed by atoms with van der Waals surface area (Å²) >= 11 is 0. The zero-order valence-electron chi connectivity index (χ0n) is 7.51. The number of hydrogen-bond donors (Lipinski definition) is 2. The molecule has 0 atom stereocenters. The molecule has 7 heteroatoms. The number of anilines is 1. The quantitative estimate of drug-likeness (QED) is 0.395. The van der Waals surface area contributed by atoms with E-state index in [9.17, 15) is 10.1 Å². The SMILES string of the molecule is NCCCNc1ncc([N+](=O)[O-])cn1. The molecule has 76 valence electrons. The highest BCUT2D eigenvalue weighted by Crippen LogP contribution is 2.07. The summed E-state index contributed by atoms with van der Waals surface area (Å²) in [5, 5.41) is 13.1. The molecule has 0 amide bonds. The number of nitrogens with zero attached hydrogens (tertiary/aromatic N) is 3. The zero-order valence-corrected chi connectivity index (χ0v) is 7.51. The van der Waals surface area contributed by atoms with E-state index in [1.165, 1.54) is 0 Å². The molecule has 1 aromatic heterocycles. The van der Waals surface area contributed by atoms with Crippen molar-refractivity contribution in [3.05, 3.63) is 22.5 Å². The van der Waals surface area contributed by atoms with Crippen LogP contribution in [-0.4, -0.2) is 28.0 Å². The summed E-state index contributed by atoms with van der Waals surface area (Å²) in [6, 6.07) is 0. The third kappa shape index (κ3) is 2.94. The van der Waals surface area contributed by atoms with E-state index in [2.05, 4.69) is 15.3 Å². The lowest BCUT2D eigenvalue weighted by Crippen LogP contribution is -2.10. The van der Waals surface area contributed by atoms with Crippen molar-refractivity contribution in [3.63, 3.8) is 0 Å². The van der Waals surface area contributed by atoms with Crippen LogP contribution in [0.3, 0.4) is 0 Å². The van der Waals surface area contributed by atoms with Gasteiger partial charge in [-0.1, -0.05) is 0 Å². The second kappa shape index (κ2) is 5.07. The van der Waals surface area contributed by atoms with Gasteiger partial charge in [0.05, 0.1) is 4.92 Å². The lowest BCUT2D eigenvalue weighted by atomic mass is 10.4. The molecule has 0 aliphatic heterocycles. The topological polar surface area (TPSA) is 107 Å². The molecule has 0 radical (unpaired) electrons. The molecule has 0 aliphatic carbocycles. The fourth-order valence-electron chi connectivity index (χ4n) is 0.809. The standard InChI is InChI=1S/C7H11N5O2/c8-2-1-3-9-7-10-4-6(5-11-7)12(13)14/h4-5H,1-3,8H2,(H,9,10,11). The van der Waals surface area contributed by atoms with Crippen LogP contribution in [0, 0.1) is 10.1 Å². The van der Waals surface area contributed by atoms with E-state index in [-0.39, 0.29) is 5.69 Å². The van der Waals surface area contributed by atoms with E-state index < -0.39 is 4.92 Å². The van der Waals surface area contributed by atoms with Crippen molar-refractivity contribution in [2.75, 3.05) is 18.4 Å². The summed E-state index contributed by atoms with van der Waals surface area (Å²) in [6.45, 7) is 1.24. The van der Waals surface area contributed by atoms with Crippen LogP contribution in [0.5, 0.6) is 0 Å². The van der Waals surface area contributed by atoms with Crippen molar-refractivity contribution in [2.45, 2.75) is 6.42 Å². The van der Waals surface area contributed by atoms with Gasteiger partial charge in [0.25, 0.3) is 0 Å². The van der Waals surface area contributed by atoms with Gasteiger partial charge in [0.15, 0.2) is 0 Å². The first-order chi connectivity index (χ1) is 6.74. The van der Waals surface area contributed by atoms with Gasteiger partial charge in [-0.15, -0.1) is 0 Å². The summed E-state index contributed by atoms with van der Waals surface area (Å²) in [7, 11) is 0. The Hall–Kier alpha value is -1.76. The third-order valence-corrected chi connectivity index (χ3v) is 1.51. The largest absolute Gasteiger partial charge is 0.354 e. The molecule has 3 N–H and O–H groups in total. The Kier molecular flexibility index (Phi) is 3.74. The molecule has 0 spiro atoms. The van der Waals surface area contributed by atoms with Gasteiger partial charge < -0.3 is 11.1 Å². The fraction of sp³-hybridized carbons (Fsp3) is 0.429. The number of hydrogen-bond acceptors (Lipinski definition) is 6. The van der Waals surface area contributed by atoms with Crippen LogP contribution in [0.4, 0.5) is 11.6 Å². The molecule has 0 saturated carbocycles. The maximum absolute atomic E-state index is 10.3. The fourth-order valence-corrected chi connectivity index (χ4v) is 0.809. The van der Waals surface area contributed by atoms with Crippen LogP contribution in [0.2, 0.25) is 0 Å². The summed E-state index contributed by atoms with van der Waals surface area (Å²) in [5.41, 5.74) is 5.17. The molecular weight excluding hydrogens is 186 g/mol. The minimum Gasteiger partial charge on any atom is -0.354 e. The van der Waals surface area contributed by atoms with Crippen molar-refractivity contribution >= 4 is 11.6 Å². The maximum Gasteiger partial charge on any atom is 0.305 e. The zero-order chi connectivity index (χ0) is 10.4. The molecule has 7 nitrogen and oxygen atoms in total. The predicted molar refractivity (Wildman–Crippen MR) is 50.8 cm³/mol. The van der Waals surface area contributed by atoms with Crippen molar-refractivity contribution in [1.82, 2.24) is 9.97 Å². The van der Waals surface area contributed by atoms with Gasteiger partial charge in [-0.2, -0.15) is 0 Å². The van der Waals surface area contributed by atoms with E-state index in [4.69, 9.17) is 5.73 Å². The third-order valence-electron chi connectivity index (χ3n) is 1.51. The lowest BCUT2D eigenvalue weighted by Gasteiger charge is -2.01. The van der Waals surface area contributed by atoms with Crippen LogP contribution in [0.25, 0.3) is 0 Å². The highest BCUT2D eigenvalue weighted by atomic mass is 16.6. The molecule has 14 heavy (non-hydrogen) atoms. The maximum atomic E-state index is 10.3. The van der Waals surface area contributed by atoms with Crippen molar-refractivity contribution in [2.24, 2.45) is 5.73 Å². The Labute approximate surface area is 80.5 Å². The van der Waals surface area contributed by atoms with Gasteiger partial charge in [-0.3, -0.25) is 10.1 Å².